The number of para-hydroxylation sites is 5. The third-order valence-electron chi connectivity index (χ3n) is 18.5. The smallest absolute Gasteiger partial charge is 0.256 e. The minimum atomic E-state index is -0.846. The van der Waals surface area contributed by atoms with Crippen molar-refractivity contribution >= 4 is 83.8 Å². The molecule has 1 aliphatic carbocycles. The summed E-state index contributed by atoms with van der Waals surface area (Å²) in [6, 6.07) is 69.4. The number of ether oxygens (including phenoxy) is 1. The second kappa shape index (κ2) is 19.7. The molecular formula is C85H54BN3O. The van der Waals surface area contributed by atoms with E-state index >= 15 is 0 Å². The van der Waals surface area contributed by atoms with Gasteiger partial charge in [-0.25, -0.2) is 0 Å². The number of nitrogens with zero attached hydrogens (tertiary/aromatic N) is 3. The summed E-state index contributed by atoms with van der Waals surface area (Å²) in [6.07, 6.45) is 0. The topological polar surface area (TPSA) is 22.3 Å². The first-order valence-electron chi connectivity index (χ1n) is 37.9. The molecule has 0 saturated carbocycles. The van der Waals surface area contributed by atoms with Crippen molar-refractivity contribution in [3.8, 4) is 67.4 Å². The Hall–Kier alpha value is -11.7. The quantitative estimate of drug-likeness (QED) is 0.142. The summed E-state index contributed by atoms with van der Waals surface area (Å²) in [5, 5.41) is -0.451. The standard InChI is InChI=1S/C85H54BN3O/c1-5-25-55(26-6-1)63-39-24-40-64(56-27-7-2-8-28-56)84(63)89-78-51-57(62-38-23-41-70-65-33-13-18-42-71(65)85(82(62)70,58-29-9-3-10-30-58)59-31-11-4-12-32-59)47-49-72(78)86-73-50-48-60(87-74-43-19-14-34-66(74)67-35-15-20-44-75(67)87)53-80(73)90-81-54-61(52-79(89)83(81)86)88-76-45-21-16-36-68(76)69-37-17-22-46-77(69)88/h1-54H/i14D,15D,16D,17D,19D,20D,21D,22D,34D,35D,36D,37D,43D,44D,45D,46D. The predicted octanol–water partition coefficient (Wildman–Crippen LogP) is 19.7. The highest BCUT2D eigenvalue weighted by Gasteiger charge is 2.49. The highest BCUT2D eigenvalue weighted by atomic mass is 16.5. The van der Waals surface area contributed by atoms with Gasteiger partial charge >= 0.3 is 0 Å². The third-order valence-corrected chi connectivity index (χ3v) is 18.5. The molecular weight excluding hydrogens is 1090 g/mol. The minimum Gasteiger partial charge on any atom is -0.458 e. The summed E-state index contributed by atoms with van der Waals surface area (Å²) < 4.78 is 159. The molecule has 2 aromatic heterocycles. The van der Waals surface area contributed by atoms with E-state index in [1.165, 1.54) is 9.13 Å². The Morgan fingerprint density at radius 2 is 0.811 bits per heavy atom. The lowest BCUT2D eigenvalue weighted by Gasteiger charge is -2.42. The lowest BCUT2D eigenvalue weighted by molar-refractivity contribution is 0.487. The normalized spacial score (nSPS) is 15.7. The molecule has 0 radical (unpaired) electrons. The van der Waals surface area contributed by atoms with Gasteiger partial charge in [0.15, 0.2) is 0 Å². The van der Waals surface area contributed by atoms with E-state index in [1.807, 2.05) is 66.7 Å². The van der Waals surface area contributed by atoms with E-state index in [9.17, 15) is 13.7 Å². The van der Waals surface area contributed by atoms with Crippen molar-refractivity contribution < 1.29 is 26.7 Å². The van der Waals surface area contributed by atoms with Crippen LogP contribution in [0.15, 0.2) is 327 Å². The first-order valence-corrected chi connectivity index (χ1v) is 29.9. The highest BCUT2D eigenvalue weighted by molar-refractivity contribution is 6.99. The Kier molecular flexibility index (Phi) is 8.12. The molecule has 4 nitrogen and oxygen atoms in total. The van der Waals surface area contributed by atoms with E-state index in [4.69, 9.17) is 13.0 Å². The van der Waals surface area contributed by atoms with Crippen LogP contribution in [0.25, 0.3) is 99.5 Å². The van der Waals surface area contributed by atoms with Crippen molar-refractivity contribution in [2.24, 2.45) is 0 Å². The zero-order valence-corrected chi connectivity index (χ0v) is 47.8. The van der Waals surface area contributed by atoms with Gasteiger partial charge in [-0.15, -0.1) is 0 Å². The molecule has 16 aromatic rings. The van der Waals surface area contributed by atoms with Crippen LogP contribution < -0.4 is 26.0 Å². The first kappa shape index (κ1) is 37.1. The van der Waals surface area contributed by atoms with Gasteiger partial charge in [0.05, 0.1) is 60.8 Å². The number of hydrogen-bond acceptors (Lipinski definition) is 2. The second-order valence-electron chi connectivity index (χ2n) is 23.0. The molecule has 0 amide bonds. The number of benzene rings is 14. The zero-order chi connectivity index (χ0) is 72.9. The Morgan fingerprint density at radius 1 is 0.344 bits per heavy atom. The summed E-state index contributed by atoms with van der Waals surface area (Å²) in [5.41, 5.74) is 14.8. The van der Waals surface area contributed by atoms with Crippen LogP contribution in [0.2, 0.25) is 0 Å². The van der Waals surface area contributed by atoms with Crippen LogP contribution in [-0.2, 0) is 5.41 Å². The van der Waals surface area contributed by atoms with Crippen molar-refractivity contribution in [1.29, 1.82) is 0 Å². The Morgan fingerprint density at radius 3 is 1.39 bits per heavy atom. The molecule has 0 N–H and O–H groups in total. The highest BCUT2D eigenvalue weighted by Crippen LogP contribution is 2.59. The fourth-order valence-corrected chi connectivity index (χ4v) is 15.0. The van der Waals surface area contributed by atoms with Gasteiger partial charge in [0, 0.05) is 61.9 Å². The van der Waals surface area contributed by atoms with Crippen LogP contribution in [0.1, 0.15) is 44.2 Å². The molecule has 418 valence electrons. The third kappa shape index (κ3) is 7.20. The van der Waals surface area contributed by atoms with Crippen LogP contribution in [0, 0.1) is 0 Å². The number of fused-ring (bicyclic) bond motifs is 13. The van der Waals surface area contributed by atoms with Crippen molar-refractivity contribution in [1.82, 2.24) is 9.13 Å². The van der Waals surface area contributed by atoms with E-state index in [0.717, 1.165) is 77.9 Å². The van der Waals surface area contributed by atoms with Gasteiger partial charge in [-0.3, -0.25) is 0 Å². The maximum absolute atomic E-state index is 9.83. The molecule has 0 unspecified atom stereocenters. The molecule has 19 rings (SSSR count). The molecule has 0 saturated heterocycles. The fraction of sp³-hybridized carbons (Fsp3) is 0.0118. The molecule has 3 aliphatic rings. The van der Waals surface area contributed by atoms with Crippen LogP contribution in [0.3, 0.4) is 0 Å². The van der Waals surface area contributed by atoms with E-state index < -0.39 is 109 Å². The number of rotatable bonds is 8. The molecule has 14 aromatic carbocycles. The second-order valence-corrected chi connectivity index (χ2v) is 23.0. The van der Waals surface area contributed by atoms with E-state index in [0.29, 0.717) is 22.3 Å². The van der Waals surface area contributed by atoms with Crippen molar-refractivity contribution in [3.63, 3.8) is 0 Å². The van der Waals surface area contributed by atoms with E-state index in [1.54, 1.807) is 18.2 Å². The number of anilines is 3. The summed E-state index contributed by atoms with van der Waals surface area (Å²) in [4.78, 5) is 2.24. The predicted molar refractivity (Wildman–Crippen MR) is 375 cm³/mol. The van der Waals surface area contributed by atoms with Crippen molar-refractivity contribution in [2.75, 3.05) is 4.90 Å². The molecule has 0 atom stereocenters. The average Bonchev–Trinajstić information content (AvgIpc) is 1.39. The monoisotopic (exact) mass is 1160 g/mol. The molecule has 4 heterocycles. The summed E-state index contributed by atoms with van der Waals surface area (Å²) in [7, 11) is 0. The Labute approximate surface area is 544 Å². The van der Waals surface area contributed by atoms with Gasteiger partial charge in [-0.05, 0) is 114 Å². The van der Waals surface area contributed by atoms with Crippen molar-refractivity contribution in [3.05, 3.63) is 349 Å². The van der Waals surface area contributed by atoms with Crippen LogP contribution in [-0.4, -0.2) is 15.8 Å². The van der Waals surface area contributed by atoms with Gasteiger partial charge in [-0.2, -0.15) is 0 Å². The van der Waals surface area contributed by atoms with Gasteiger partial charge in [0.25, 0.3) is 6.71 Å². The van der Waals surface area contributed by atoms with Gasteiger partial charge in [0.2, 0.25) is 0 Å². The van der Waals surface area contributed by atoms with Gasteiger partial charge in [0.1, 0.15) is 11.5 Å². The molecule has 90 heavy (non-hydrogen) atoms. The molecule has 0 spiro atoms. The number of hydrogen-bond donors (Lipinski definition) is 0. The fourth-order valence-electron chi connectivity index (χ4n) is 15.0. The largest absolute Gasteiger partial charge is 0.458 e. The SMILES string of the molecule is [2H]c1c([2H])c([2H])c2c(c1[2H])c1c([2H])c([2H])c([2H])c([2H])c1n2-c1ccc2c(c1)Oc1cc(-n3c4c([2H])c([2H])c([2H])c([2H])c4c4c([2H])c([2H])c([2H])c([2H])c43)cc3c1B2c1ccc(-c2cccc4c2C(c2ccccc2)(c2ccccc2)c2ccccc2-4)cc1N3c1c(-c2ccccc2)cccc1-c1ccccc1. The van der Waals surface area contributed by atoms with E-state index in [2.05, 4.69) is 150 Å². The van der Waals surface area contributed by atoms with E-state index in [-0.39, 0.29) is 66.5 Å². The van der Waals surface area contributed by atoms with Crippen LogP contribution in [0.4, 0.5) is 17.1 Å². The molecule has 0 bridgehead atoms. The molecule has 5 heteroatoms. The van der Waals surface area contributed by atoms with Crippen molar-refractivity contribution in [2.45, 2.75) is 5.41 Å². The lowest BCUT2D eigenvalue weighted by atomic mass is 9.34. The van der Waals surface area contributed by atoms with Crippen LogP contribution in [0.5, 0.6) is 11.5 Å². The summed E-state index contributed by atoms with van der Waals surface area (Å²) in [5.74, 6) is 0.449. The Balaban J connectivity index is 0.976. The minimum absolute atomic E-state index is 0.0919. The maximum Gasteiger partial charge on any atom is 0.256 e. The summed E-state index contributed by atoms with van der Waals surface area (Å²) in [6.45, 7) is -0.750. The average molecular weight is 1160 g/mol. The molecule has 2 aliphatic heterocycles. The summed E-state index contributed by atoms with van der Waals surface area (Å²) >= 11 is 0. The van der Waals surface area contributed by atoms with Gasteiger partial charge < -0.3 is 18.8 Å². The first-order chi connectivity index (χ1) is 51.3. The number of aromatic nitrogens is 2. The molecule has 0 fully saturated rings. The van der Waals surface area contributed by atoms with Crippen LogP contribution >= 0.6 is 0 Å². The zero-order valence-electron chi connectivity index (χ0n) is 63.8. The Bertz CT molecular complexity index is 6340. The lowest BCUT2D eigenvalue weighted by Crippen LogP contribution is -2.59. The van der Waals surface area contributed by atoms with Gasteiger partial charge in [-0.1, -0.05) is 273 Å². The maximum atomic E-state index is 9.83.